The standard InChI is InChI=1S/C13H10F2O2/c1-17-10-6-8(5-9(16)7-10)13-11(14)3-2-4-12(13)15/h2-7,16H,1H3. The third-order valence-electron chi connectivity index (χ3n) is 2.38. The minimum Gasteiger partial charge on any atom is -0.508 e. The number of aromatic hydroxyl groups is 1. The molecule has 2 aromatic rings. The number of halogens is 2. The molecule has 0 aliphatic carbocycles. The lowest BCUT2D eigenvalue weighted by molar-refractivity contribution is 0.408. The second-order valence-electron chi connectivity index (χ2n) is 3.52. The van der Waals surface area contributed by atoms with E-state index in [2.05, 4.69) is 0 Å². The predicted molar refractivity (Wildman–Crippen MR) is 60.0 cm³/mol. The highest BCUT2D eigenvalue weighted by atomic mass is 19.1. The van der Waals surface area contributed by atoms with E-state index in [1.165, 1.54) is 31.4 Å². The van der Waals surface area contributed by atoms with Crippen molar-refractivity contribution in [3.05, 3.63) is 48.0 Å². The molecule has 4 heteroatoms. The summed E-state index contributed by atoms with van der Waals surface area (Å²) < 4.78 is 32.0. The van der Waals surface area contributed by atoms with Crippen molar-refractivity contribution >= 4 is 0 Å². The monoisotopic (exact) mass is 236 g/mol. The van der Waals surface area contributed by atoms with Gasteiger partial charge in [-0.15, -0.1) is 0 Å². The highest BCUT2D eigenvalue weighted by molar-refractivity contribution is 5.68. The average Bonchev–Trinajstić information content (AvgIpc) is 2.28. The van der Waals surface area contributed by atoms with E-state index in [1.54, 1.807) is 0 Å². The maximum Gasteiger partial charge on any atom is 0.133 e. The van der Waals surface area contributed by atoms with Crippen molar-refractivity contribution in [1.29, 1.82) is 0 Å². The fourth-order valence-electron chi connectivity index (χ4n) is 1.62. The Morgan fingerprint density at radius 3 is 2.29 bits per heavy atom. The summed E-state index contributed by atoms with van der Waals surface area (Å²) in [5.41, 5.74) is 0.0548. The quantitative estimate of drug-likeness (QED) is 0.866. The molecule has 0 aromatic heterocycles. The van der Waals surface area contributed by atoms with Gasteiger partial charge in [-0.25, -0.2) is 8.78 Å². The van der Waals surface area contributed by atoms with E-state index >= 15 is 0 Å². The second kappa shape index (κ2) is 4.41. The second-order valence-corrected chi connectivity index (χ2v) is 3.52. The molecule has 1 N–H and O–H groups in total. The van der Waals surface area contributed by atoms with Crippen LogP contribution < -0.4 is 4.74 Å². The van der Waals surface area contributed by atoms with Crippen molar-refractivity contribution in [1.82, 2.24) is 0 Å². The zero-order valence-electron chi connectivity index (χ0n) is 9.08. The van der Waals surface area contributed by atoms with E-state index < -0.39 is 11.6 Å². The maximum atomic E-state index is 13.5. The van der Waals surface area contributed by atoms with Crippen LogP contribution >= 0.6 is 0 Å². The largest absolute Gasteiger partial charge is 0.508 e. The van der Waals surface area contributed by atoms with Gasteiger partial charge in [-0.1, -0.05) is 6.07 Å². The molecule has 0 radical (unpaired) electrons. The van der Waals surface area contributed by atoms with Crippen LogP contribution in [0.2, 0.25) is 0 Å². The summed E-state index contributed by atoms with van der Waals surface area (Å²) in [6.45, 7) is 0. The van der Waals surface area contributed by atoms with E-state index in [4.69, 9.17) is 4.74 Å². The summed E-state index contributed by atoms with van der Waals surface area (Å²) in [7, 11) is 1.41. The van der Waals surface area contributed by atoms with Crippen molar-refractivity contribution < 1.29 is 18.6 Å². The summed E-state index contributed by atoms with van der Waals surface area (Å²) in [5, 5.41) is 9.44. The van der Waals surface area contributed by atoms with Crippen LogP contribution in [-0.2, 0) is 0 Å². The Labute approximate surface area is 97.1 Å². The van der Waals surface area contributed by atoms with Gasteiger partial charge >= 0.3 is 0 Å². The molecule has 0 amide bonds. The van der Waals surface area contributed by atoms with Gasteiger partial charge in [-0.3, -0.25) is 0 Å². The molecular formula is C13H10F2O2. The topological polar surface area (TPSA) is 29.5 Å². The Kier molecular flexibility index (Phi) is 2.95. The number of phenols is 1. The first-order valence-corrected chi connectivity index (χ1v) is 4.94. The van der Waals surface area contributed by atoms with Gasteiger partial charge in [0.1, 0.15) is 23.1 Å². The Bertz CT molecular complexity index is 533. The average molecular weight is 236 g/mol. The lowest BCUT2D eigenvalue weighted by Gasteiger charge is -2.08. The van der Waals surface area contributed by atoms with Gasteiger partial charge in [0.15, 0.2) is 0 Å². The molecular weight excluding hydrogens is 226 g/mol. The predicted octanol–water partition coefficient (Wildman–Crippen LogP) is 3.35. The van der Waals surface area contributed by atoms with E-state index in [0.717, 1.165) is 12.1 Å². The first-order valence-electron chi connectivity index (χ1n) is 4.94. The number of ether oxygens (including phenoxy) is 1. The lowest BCUT2D eigenvalue weighted by Crippen LogP contribution is -1.91. The molecule has 17 heavy (non-hydrogen) atoms. The molecule has 2 aromatic carbocycles. The number of hydrogen-bond donors (Lipinski definition) is 1. The van der Waals surface area contributed by atoms with E-state index in [-0.39, 0.29) is 16.9 Å². The highest BCUT2D eigenvalue weighted by Gasteiger charge is 2.12. The number of hydrogen-bond acceptors (Lipinski definition) is 2. The van der Waals surface area contributed by atoms with Crippen LogP contribution in [-0.4, -0.2) is 12.2 Å². The van der Waals surface area contributed by atoms with Crippen molar-refractivity contribution in [2.75, 3.05) is 7.11 Å². The summed E-state index contributed by atoms with van der Waals surface area (Å²) in [5.74, 6) is -1.14. The molecule has 0 bridgehead atoms. The Balaban J connectivity index is 2.64. The van der Waals surface area contributed by atoms with Gasteiger partial charge in [0.25, 0.3) is 0 Å². The van der Waals surface area contributed by atoms with Crippen molar-refractivity contribution in [2.24, 2.45) is 0 Å². The maximum absolute atomic E-state index is 13.5. The van der Waals surface area contributed by atoms with Crippen LogP contribution in [0.5, 0.6) is 11.5 Å². The summed E-state index contributed by atoms with van der Waals surface area (Å²) in [6.07, 6.45) is 0. The number of methoxy groups -OCH3 is 1. The third kappa shape index (κ3) is 2.20. The number of phenolic OH excluding ortho intramolecular Hbond substituents is 1. The zero-order valence-corrected chi connectivity index (χ0v) is 9.08. The molecule has 0 fully saturated rings. The van der Waals surface area contributed by atoms with Crippen molar-refractivity contribution in [2.45, 2.75) is 0 Å². The van der Waals surface area contributed by atoms with E-state index in [0.29, 0.717) is 5.75 Å². The molecule has 0 aliphatic rings. The fraction of sp³-hybridized carbons (Fsp3) is 0.0769. The Morgan fingerprint density at radius 2 is 1.71 bits per heavy atom. The molecule has 0 saturated heterocycles. The molecule has 0 unspecified atom stereocenters. The first-order chi connectivity index (χ1) is 8.11. The molecule has 2 rings (SSSR count). The van der Waals surface area contributed by atoms with Crippen molar-refractivity contribution in [3.8, 4) is 22.6 Å². The Morgan fingerprint density at radius 1 is 1.06 bits per heavy atom. The van der Waals surface area contributed by atoms with Gasteiger partial charge in [0, 0.05) is 6.07 Å². The fourth-order valence-corrected chi connectivity index (χ4v) is 1.62. The van der Waals surface area contributed by atoms with Gasteiger partial charge < -0.3 is 9.84 Å². The smallest absolute Gasteiger partial charge is 0.133 e. The van der Waals surface area contributed by atoms with Gasteiger partial charge in [-0.05, 0) is 29.8 Å². The van der Waals surface area contributed by atoms with Crippen LogP contribution in [0.15, 0.2) is 36.4 Å². The Hall–Kier alpha value is -2.10. The third-order valence-corrected chi connectivity index (χ3v) is 2.38. The molecule has 0 spiro atoms. The normalized spacial score (nSPS) is 10.3. The molecule has 0 aliphatic heterocycles. The summed E-state index contributed by atoms with van der Waals surface area (Å²) in [4.78, 5) is 0. The lowest BCUT2D eigenvalue weighted by atomic mass is 10.0. The molecule has 0 heterocycles. The number of rotatable bonds is 2. The van der Waals surface area contributed by atoms with Crippen molar-refractivity contribution in [3.63, 3.8) is 0 Å². The van der Waals surface area contributed by atoms with E-state index in [1.807, 2.05) is 0 Å². The zero-order chi connectivity index (χ0) is 12.4. The molecule has 0 atom stereocenters. The number of benzene rings is 2. The van der Waals surface area contributed by atoms with Crippen LogP contribution in [0.1, 0.15) is 0 Å². The van der Waals surface area contributed by atoms with Gasteiger partial charge in [-0.2, -0.15) is 0 Å². The van der Waals surface area contributed by atoms with Crippen LogP contribution in [0.3, 0.4) is 0 Å². The molecule has 0 saturated carbocycles. The summed E-state index contributed by atoms with van der Waals surface area (Å²) in [6, 6.07) is 7.71. The van der Waals surface area contributed by atoms with Gasteiger partial charge in [0.05, 0.1) is 12.7 Å². The van der Waals surface area contributed by atoms with E-state index in [9.17, 15) is 13.9 Å². The van der Waals surface area contributed by atoms with Crippen LogP contribution in [0.4, 0.5) is 8.78 Å². The molecule has 88 valence electrons. The van der Waals surface area contributed by atoms with Crippen LogP contribution in [0.25, 0.3) is 11.1 Å². The molecule has 2 nitrogen and oxygen atoms in total. The van der Waals surface area contributed by atoms with Gasteiger partial charge in [0.2, 0.25) is 0 Å². The SMILES string of the molecule is COc1cc(O)cc(-c2c(F)cccc2F)c1. The minimum absolute atomic E-state index is 0.109. The highest BCUT2D eigenvalue weighted by Crippen LogP contribution is 2.32. The van der Waals surface area contributed by atoms with Crippen LogP contribution in [0, 0.1) is 11.6 Å². The minimum atomic E-state index is -0.683. The summed E-state index contributed by atoms with van der Waals surface area (Å²) >= 11 is 0. The first kappa shape index (κ1) is 11.4.